The van der Waals surface area contributed by atoms with Crippen molar-refractivity contribution in [1.82, 2.24) is 9.78 Å². The third-order valence-corrected chi connectivity index (χ3v) is 3.69. The Morgan fingerprint density at radius 1 is 1.13 bits per heavy atom. The molecule has 0 atom stereocenters. The van der Waals surface area contributed by atoms with E-state index in [0.29, 0.717) is 23.5 Å². The monoisotopic (exact) mass is 306 g/mol. The summed E-state index contributed by atoms with van der Waals surface area (Å²) in [7, 11) is 0. The number of anilines is 2. The van der Waals surface area contributed by atoms with Crippen molar-refractivity contribution in [2.45, 2.75) is 13.5 Å². The van der Waals surface area contributed by atoms with Crippen LogP contribution in [0.3, 0.4) is 0 Å². The van der Waals surface area contributed by atoms with E-state index in [-0.39, 0.29) is 5.91 Å². The van der Waals surface area contributed by atoms with E-state index in [1.807, 2.05) is 54.1 Å². The van der Waals surface area contributed by atoms with Crippen LogP contribution in [0.2, 0.25) is 0 Å². The van der Waals surface area contributed by atoms with Gasteiger partial charge in [0, 0.05) is 17.5 Å². The Kier molecular flexibility index (Phi) is 4.10. The molecule has 0 saturated carbocycles. The maximum atomic E-state index is 12.3. The smallest absolute Gasteiger partial charge is 0.255 e. The van der Waals surface area contributed by atoms with Crippen molar-refractivity contribution < 1.29 is 4.79 Å². The van der Waals surface area contributed by atoms with E-state index in [9.17, 15) is 4.79 Å². The molecule has 1 aromatic heterocycles. The highest BCUT2D eigenvalue weighted by Crippen LogP contribution is 2.18. The molecule has 23 heavy (non-hydrogen) atoms. The van der Waals surface area contributed by atoms with Gasteiger partial charge in [-0.25, -0.2) is 0 Å². The first-order chi connectivity index (χ1) is 11.1. The number of benzene rings is 2. The summed E-state index contributed by atoms with van der Waals surface area (Å²) in [6.07, 6.45) is 1.78. The third-order valence-electron chi connectivity index (χ3n) is 3.69. The molecule has 0 aliphatic rings. The molecule has 0 bridgehead atoms. The molecule has 0 aliphatic carbocycles. The number of hydrogen-bond acceptors (Lipinski definition) is 3. The summed E-state index contributed by atoms with van der Waals surface area (Å²) in [5, 5.41) is 7.08. The molecular formula is C18H18N4O. The van der Waals surface area contributed by atoms with E-state index in [1.54, 1.807) is 18.3 Å². The normalized spacial score (nSPS) is 10.5. The molecule has 0 spiro atoms. The van der Waals surface area contributed by atoms with Gasteiger partial charge >= 0.3 is 0 Å². The molecule has 3 aromatic rings. The number of nitrogens with zero attached hydrogens (tertiary/aromatic N) is 2. The van der Waals surface area contributed by atoms with Gasteiger partial charge in [0.25, 0.3) is 5.91 Å². The minimum Gasteiger partial charge on any atom is -0.397 e. The highest BCUT2D eigenvalue weighted by Gasteiger charge is 2.08. The molecule has 0 fully saturated rings. The van der Waals surface area contributed by atoms with Crippen LogP contribution in [0.5, 0.6) is 0 Å². The number of hydrogen-bond donors (Lipinski definition) is 2. The first-order valence-electron chi connectivity index (χ1n) is 7.37. The summed E-state index contributed by atoms with van der Waals surface area (Å²) in [5.41, 5.74) is 9.79. The van der Waals surface area contributed by atoms with E-state index in [2.05, 4.69) is 10.4 Å². The van der Waals surface area contributed by atoms with Crippen molar-refractivity contribution in [3.8, 4) is 0 Å². The molecular weight excluding hydrogens is 288 g/mol. The Hall–Kier alpha value is -3.08. The molecule has 5 nitrogen and oxygen atoms in total. The predicted molar refractivity (Wildman–Crippen MR) is 91.3 cm³/mol. The number of nitrogens with one attached hydrogen (secondary N) is 1. The summed E-state index contributed by atoms with van der Waals surface area (Å²) in [6, 6.07) is 16.7. The van der Waals surface area contributed by atoms with Crippen LogP contribution < -0.4 is 11.1 Å². The van der Waals surface area contributed by atoms with Gasteiger partial charge < -0.3 is 11.1 Å². The van der Waals surface area contributed by atoms with Crippen molar-refractivity contribution in [2.75, 3.05) is 11.1 Å². The summed E-state index contributed by atoms with van der Waals surface area (Å²) in [6.45, 7) is 2.70. The highest BCUT2D eigenvalue weighted by molar-refractivity contribution is 6.05. The standard InChI is InChI=1S/C18H18N4O/c1-13-10-11-20-22(13)12-14-6-8-15(9-7-14)18(23)21-17-5-3-2-4-16(17)19/h2-11H,12,19H2,1H3,(H,21,23). The molecule has 0 aliphatic heterocycles. The van der Waals surface area contributed by atoms with E-state index in [4.69, 9.17) is 5.73 Å². The van der Waals surface area contributed by atoms with E-state index >= 15 is 0 Å². The number of para-hydroxylation sites is 2. The van der Waals surface area contributed by atoms with Crippen LogP contribution in [0.1, 0.15) is 21.6 Å². The van der Waals surface area contributed by atoms with Crippen LogP contribution in [-0.2, 0) is 6.54 Å². The lowest BCUT2D eigenvalue weighted by atomic mass is 10.1. The van der Waals surface area contributed by atoms with Gasteiger partial charge in [0.1, 0.15) is 0 Å². The fourth-order valence-corrected chi connectivity index (χ4v) is 2.30. The zero-order valence-corrected chi connectivity index (χ0v) is 12.9. The van der Waals surface area contributed by atoms with Gasteiger partial charge in [0.2, 0.25) is 0 Å². The van der Waals surface area contributed by atoms with Gasteiger partial charge in [-0.3, -0.25) is 9.48 Å². The lowest BCUT2D eigenvalue weighted by Crippen LogP contribution is -2.13. The highest BCUT2D eigenvalue weighted by atomic mass is 16.1. The second-order valence-electron chi connectivity index (χ2n) is 5.37. The number of aryl methyl sites for hydroxylation is 1. The third kappa shape index (κ3) is 3.40. The second kappa shape index (κ2) is 6.36. The van der Waals surface area contributed by atoms with Crippen molar-refractivity contribution in [3.05, 3.63) is 77.6 Å². The lowest BCUT2D eigenvalue weighted by molar-refractivity contribution is 0.102. The van der Waals surface area contributed by atoms with Gasteiger partial charge in [-0.1, -0.05) is 24.3 Å². The van der Waals surface area contributed by atoms with Crippen LogP contribution in [0.15, 0.2) is 60.8 Å². The largest absolute Gasteiger partial charge is 0.397 e. The first kappa shape index (κ1) is 14.8. The molecule has 0 radical (unpaired) electrons. The van der Waals surface area contributed by atoms with E-state index < -0.39 is 0 Å². The Bertz CT molecular complexity index is 821. The number of carbonyl (C=O) groups excluding carboxylic acids is 1. The summed E-state index contributed by atoms with van der Waals surface area (Å²) in [4.78, 5) is 12.3. The van der Waals surface area contributed by atoms with Crippen LogP contribution in [0.4, 0.5) is 11.4 Å². The number of aromatic nitrogens is 2. The summed E-state index contributed by atoms with van der Waals surface area (Å²) >= 11 is 0. The zero-order chi connectivity index (χ0) is 16.2. The van der Waals surface area contributed by atoms with Crippen LogP contribution in [0, 0.1) is 6.92 Å². The maximum Gasteiger partial charge on any atom is 0.255 e. The minimum absolute atomic E-state index is 0.176. The number of carbonyl (C=O) groups is 1. The number of rotatable bonds is 4. The molecule has 116 valence electrons. The SMILES string of the molecule is Cc1ccnn1Cc1ccc(C(=O)Nc2ccccc2N)cc1. The molecule has 0 unspecified atom stereocenters. The van der Waals surface area contributed by atoms with Crippen molar-refractivity contribution in [1.29, 1.82) is 0 Å². The molecule has 0 saturated heterocycles. The second-order valence-corrected chi connectivity index (χ2v) is 5.37. The average molecular weight is 306 g/mol. The fourth-order valence-electron chi connectivity index (χ4n) is 2.30. The Morgan fingerprint density at radius 2 is 1.87 bits per heavy atom. The van der Waals surface area contributed by atoms with Crippen LogP contribution in [-0.4, -0.2) is 15.7 Å². The maximum absolute atomic E-state index is 12.3. The first-order valence-corrected chi connectivity index (χ1v) is 7.37. The van der Waals surface area contributed by atoms with Gasteiger partial charge in [-0.15, -0.1) is 0 Å². The van der Waals surface area contributed by atoms with E-state index in [1.165, 1.54) is 0 Å². The lowest BCUT2D eigenvalue weighted by Gasteiger charge is -2.09. The van der Waals surface area contributed by atoms with Crippen LogP contribution >= 0.6 is 0 Å². The predicted octanol–water partition coefficient (Wildman–Crippen LogP) is 3.07. The molecule has 1 amide bonds. The average Bonchev–Trinajstić information content (AvgIpc) is 2.95. The van der Waals surface area contributed by atoms with Gasteiger partial charge in [0.05, 0.1) is 17.9 Å². The van der Waals surface area contributed by atoms with Crippen molar-refractivity contribution in [2.24, 2.45) is 0 Å². The fraction of sp³-hybridized carbons (Fsp3) is 0.111. The Morgan fingerprint density at radius 3 is 2.52 bits per heavy atom. The quantitative estimate of drug-likeness (QED) is 0.728. The van der Waals surface area contributed by atoms with E-state index in [0.717, 1.165) is 11.3 Å². The van der Waals surface area contributed by atoms with Gasteiger partial charge in [-0.05, 0) is 42.8 Å². The van der Waals surface area contributed by atoms with Crippen molar-refractivity contribution >= 4 is 17.3 Å². The molecule has 3 N–H and O–H groups in total. The molecule has 1 heterocycles. The minimum atomic E-state index is -0.176. The number of nitrogen functional groups attached to an aromatic ring is 1. The zero-order valence-electron chi connectivity index (χ0n) is 12.9. The van der Waals surface area contributed by atoms with Gasteiger partial charge in [0.15, 0.2) is 0 Å². The molecule has 5 heteroatoms. The summed E-state index contributed by atoms with van der Waals surface area (Å²) < 4.78 is 1.92. The Labute approximate surface area is 134 Å². The van der Waals surface area contributed by atoms with Crippen LogP contribution in [0.25, 0.3) is 0 Å². The molecule has 3 rings (SSSR count). The van der Waals surface area contributed by atoms with Gasteiger partial charge in [-0.2, -0.15) is 5.10 Å². The topological polar surface area (TPSA) is 72.9 Å². The Balaban J connectivity index is 1.70. The number of nitrogens with two attached hydrogens (primary N) is 1. The van der Waals surface area contributed by atoms with Crippen molar-refractivity contribution in [3.63, 3.8) is 0 Å². The molecule has 2 aromatic carbocycles. The summed E-state index contributed by atoms with van der Waals surface area (Å²) in [5.74, 6) is -0.176. The number of amides is 1.